The van der Waals surface area contributed by atoms with E-state index in [2.05, 4.69) is 4.72 Å². The van der Waals surface area contributed by atoms with Crippen molar-refractivity contribution in [2.24, 2.45) is 0 Å². The first-order valence-corrected chi connectivity index (χ1v) is 9.33. The van der Waals surface area contributed by atoms with Crippen LogP contribution in [0.2, 0.25) is 0 Å². The maximum atomic E-state index is 12.2. The summed E-state index contributed by atoms with van der Waals surface area (Å²) in [4.78, 5) is 0.270. The summed E-state index contributed by atoms with van der Waals surface area (Å²) in [5.41, 5.74) is 2.01. The molecule has 0 aromatic heterocycles. The summed E-state index contributed by atoms with van der Waals surface area (Å²) in [6.07, 6.45) is 0. The average Bonchev–Trinajstić information content (AvgIpc) is 2.56. The van der Waals surface area contributed by atoms with E-state index in [1.807, 2.05) is 32.9 Å². The van der Waals surface area contributed by atoms with Gasteiger partial charge in [0.1, 0.15) is 18.1 Å². The molecule has 0 radical (unpaired) electrons. The Bertz CT molecular complexity index is 770. The number of hydrogen-bond acceptors (Lipinski definition) is 4. The second-order valence-corrected chi connectivity index (χ2v) is 7.16. The fraction of sp³-hybridized carbons (Fsp3) is 0.333. The first-order chi connectivity index (χ1) is 11.4. The third-order valence-corrected chi connectivity index (χ3v) is 5.04. The van der Waals surface area contributed by atoms with E-state index in [0.29, 0.717) is 12.4 Å². The van der Waals surface area contributed by atoms with Gasteiger partial charge >= 0.3 is 0 Å². The smallest absolute Gasteiger partial charge is 0.240 e. The molecule has 1 N–H and O–H groups in total. The molecular weight excluding hydrogens is 326 g/mol. The molecule has 0 unspecified atom stereocenters. The van der Waals surface area contributed by atoms with Crippen LogP contribution in [0.4, 0.5) is 0 Å². The molecule has 0 saturated carbocycles. The Balaban J connectivity index is 1.85. The molecule has 0 aliphatic carbocycles. The summed E-state index contributed by atoms with van der Waals surface area (Å²) in [7, 11) is -3.52. The van der Waals surface area contributed by atoms with Crippen molar-refractivity contribution in [3.05, 3.63) is 53.6 Å². The van der Waals surface area contributed by atoms with E-state index in [-0.39, 0.29) is 18.0 Å². The van der Waals surface area contributed by atoms with Gasteiger partial charge in [-0.3, -0.25) is 0 Å². The van der Waals surface area contributed by atoms with Crippen LogP contribution >= 0.6 is 0 Å². The largest absolute Gasteiger partial charge is 0.494 e. The van der Waals surface area contributed by atoms with E-state index < -0.39 is 10.0 Å². The van der Waals surface area contributed by atoms with Gasteiger partial charge in [0, 0.05) is 6.54 Å². The zero-order valence-electron chi connectivity index (χ0n) is 14.2. The summed E-state index contributed by atoms with van der Waals surface area (Å²) in [5.74, 6) is 1.45. The minimum absolute atomic E-state index is 0.197. The molecule has 0 fully saturated rings. The minimum atomic E-state index is -3.52. The molecule has 0 amide bonds. The molecular formula is C18H23NO4S. The fourth-order valence-electron chi connectivity index (χ4n) is 2.11. The SMILES string of the molecule is CCOc1ccc(OCCNS(=O)(=O)c2ccc(C)c(C)c2)cc1. The average molecular weight is 349 g/mol. The Morgan fingerprint density at radius 1 is 0.917 bits per heavy atom. The molecule has 2 aromatic rings. The van der Waals surface area contributed by atoms with Crippen molar-refractivity contribution in [3.63, 3.8) is 0 Å². The van der Waals surface area contributed by atoms with Crippen LogP contribution in [0.5, 0.6) is 11.5 Å². The third kappa shape index (κ3) is 4.97. The van der Waals surface area contributed by atoms with Gasteiger partial charge in [0.05, 0.1) is 11.5 Å². The Morgan fingerprint density at radius 3 is 2.12 bits per heavy atom. The second-order valence-electron chi connectivity index (χ2n) is 5.40. The van der Waals surface area contributed by atoms with Crippen LogP contribution < -0.4 is 14.2 Å². The van der Waals surface area contributed by atoms with Gasteiger partial charge in [-0.15, -0.1) is 0 Å². The molecule has 24 heavy (non-hydrogen) atoms. The van der Waals surface area contributed by atoms with Crippen LogP contribution in [-0.2, 0) is 10.0 Å². The number of nitrogens with one attached hydrogen (secondary N) is 1. The topological polar surface area (TPSA) is 64.6 Å². The Hall–Kier alpha value is -2.05. The van der Waals surface area contributed by atoms with Gasteiger partial charge in [-0.25, -0.2) is 13.1 Å². The van der Waals surface area contributed by atoms with Crippen molar-refractivity contribution in [2.45, 2.75) is 25.7 Å². The molecule has 0 spiro atoms. The molecule has 0 bridgehead atoms. The maximum absolute atomic E-state index is 12.2. The van der Waals surface area contributed by atoms with E-state index in [1.54, 1.807) is 30.3 Å². The van der Waals surface area contributed by atoms with E-state index in [1.165, 1.54) is 0 Å². The number of hydrogen-bond donors (Lipinski definition) is 1. The molecule has 2 aromatic carbocycles. The van der Waals surface area contributed by atoms with Crippen molar-refractivity contribution in [1.82, 2.24) is 4.72 Å². The van der Waals surface area contributed by atoms with Gasteiger partial charge in [0.15, 0.2) is 0 Å². The van der Waals surface area contributed by atoms with Crippen molar-refractivity contribution in [2.75, 3.05) is 19.8 Å². The van der Waals surface area contributed by atoms with Gasteiger partial charge < -0.3 is 9.47 Å². The summed E-state index contributed by atoms with van der Waals surface area (Å²) in [5, 5.41) is 0. The highest BCUT2D eigenvalue weighted by Crippen LogP contribution is 2.17. The van der Waals surface area contributed by atoms with Crippen LogP contribution in [0, 0.1) is 13.8 Å². The number of aryl methyl sites for hydroxylation is 2. The quantitative estimate of drug-likeness (QED) is 0.744. The molecule has 2 rings (SSSR count). The normalized spacial score (nSPS) is 11.3. The molecule has 0 aliphatic rings. The monoisotopic (exact) mass is 349 g/mol. The zero-order chi connectivity index (χ0) is 17.6. The Labute approximate surface area is 143 Å². The van der Waals surface area contributed by atoms with E-state index >= 15 is 0 Å². The standard InChI is InChI=1S/C18H23NO4S/c1-4-22-16-6-8-17(9-7-16)23-12-11-19-24(20,21)18-10-5-14(2)15(3)13-18/h5-10,13,19H,4,11-12H2,1-3H3. The van der Waals surface area contributed by atoms with Gasteiger partial charge in [-0.05, 0) is 68.3 Å². The third-order valence-electron chi connectivity index (χ3n) is 3.59. The molecule has 5 nitrogen and oxygen atoms in total. The van der Waals surface area contributed by atoms with Crippen LogP contribution in [0.15, 0.2) is 47.4 Å². The van der Waals surface area contributed by atoms with Crippen molar-refractivity contribution in [3.8, 4) is 11.5 Å². The predicted molar refractivity (Wildman–Crippen MR) is 94.2 cm³/mol. The summed E-state index contributed by atoms with van der Waals surface area (Å²) < 4.78 is 37.9. The minimum Gasteiger partial charge on any atom is -0.494 e. The van der Waals surface area contributed by atoms with Gasteiger partial charge in [-0.1, -0.05) is 6.07 Å². The highest BCUT2D eigenvalue weighted by molar-refractivity contribution is 7.89. The lowest BCUT2D eigenvalue weighted by Crippen LogP contribution is -2.28. The van der Waals surface area contributed by atoms with Crippen molar-refractivity contribution >= 4 is 10.0 Å². The van der Waals surface area contributed by atoms with Gasteiger partial charge in [0.2, 0.25) is 10.0 Å². The summed E-state index contributed by atoms with van der Waals surface area (Å²) in [6.45, 7) is 6.82. The number of benzene rings is 2. The number of sulfonamides is 1. The molecule has 0 saturated heterocycles. The summed E-state index contributed by atoms with van der Waals surface area (Å²) >= 11 is 0. The Kier molecular flexibility index (Phi) is 6.23. The second kappa shape index (κ2) is 8.17. The number of ether oxygens (including phenoxy) is 2. The summed E-state index contributed by atoms with van der Waals surface area (Å²) in [6, 6.07) is 12.3. The maximum Gasteiger partial charge on any atom is 0.240 e. The molecule has 6 heteroatoms. The molecule has 130 valence electrons. The first kappa shape index (κ1) is 18.3. The van der Waals surface area contributed by atoms with Gasteiger partial charge in [-0.2, -0.15) is 0 Å². The Morgan fingerprint density at radius 2 is 1.54 bits per heavy atom. The zero-order valence-corrected chi connectivity index (χ0v) is 15.0. The lowest BCUT2D eigenvalue weighted by Gasteiger charge is -2.10. The highest BCUT2D eigenvalue weighted by Gasteiger charge is 2.13. The fourth-order valence-corrected chi connectivity index (χ4v) is 3.21. The van der Waals surface area contributed by atoms with Crippen LogP contribution in [0.3, 0.4) is 0 Å². The van der Waals surface area contributed by atoms with E-state index in [4.69, 9.17) is 9.47 Å². The molecule has 0 atom stereocenters. The highest BCUT2D eigenvalue weighted by atomic mass is 32.2. The van der Waals surface area contributed by atoms with E-state index in [0.717, 1.165) is 16.9 Å². The lowest BCUT2D eigenvalue weighted by atomic mass is 10.1. The van der Waals surface area contributed by atoms with Crippen LogP contribution in [-0.4, -0.2) is 28.2 Å². The van der Waals surface area contributed by atoms with Crippen molar-refractivity contribution < 1.29 is 17.9 Å². The molecule has 0 heterocycles. The van der Waals surface area contributed by atoms with Crippen LogP contribution in [0.1, 0.15) is 18.1 Å². The van der Waals surface area contributed by atoms with Crippen molar-refractivity contribution in [1.29, 1.82) is 0 Å². The predicted octanol–water partition coefficient (Wildman–Crippen LogP) is 3.06. The number of rotatable bonds is 8. The lowest BCUT2D eigenvalue weighted by molar-refractivity contribution is 0.319. The van der Waals surface area contributed by atoms with Crippen LogP contribution in [0.25, 0.3) is 0 Å². The molecule has 0 aliphatic heterocycles. The van der Waals surface area contributed by atoms with E-state index in [9.17, 15) is 8.42 Å². The first-order valence-electron chi connectivity index (χ1n) is 7.85. The van der Waals surface area contributed by atoms with Gasteiger partial charge in [0.25, 0.3) is 0 Å².